The Morgan fingerprint density at radius 2 is 1.82 bits per heavy atom. The number of amides is 1. The van der Waals surface area contributed by atoms with Gasteiger partial charge >= 0.3 is 0 Å². The zero-order valence-corrected chi connectivity index (χ0v) is 18.1. The summed E-state index contributed by atoms with van der Waals surface area (Å²) in [6.45, 7) is 1.62. The van der Waals surface area contributed by atoms with E-state index >= 15 is 0 Å². The number of benzene rings is 4. The van der Waals surface area contributed by atoms with Crippen LogP contribution >= 0.6 is 11.6 Å². The van der Waals surface area contributed by atoms with Gasteiger partial charge in [-0.05, 0) is 48.7 Å². The molecule has 8 heteroatoms. The summed E-state index contributed by atoms with van der Waals surface area (Å²) >= 11 is 6.32. The van der Waals surface area contributed by atoms with Crippen molar-refractivity contribution in [3.63, 3.8) is 0 Å². The van der Waals surface area contributed by atoms with Crippen LogP contribution in [-0.2, 0) is 0 Å². The number of nitrogens with one attached hydrogen (secondary N) is 1. The molecule has 5 aromatic rings. The average molecular weight is 458 g/mol. The lowest BCUT2D eigenvalue weighted by Crippen LogP contribution is -2.12. The number of fused-ring (bicyclic) bond motifs is 2. The van der Waals surface area contributed by atoms with E-state index in [-0.39, 0.29) is 11.3 Å². The predicted octanol–water partition coefficient (Wildman–Crippen LogP) is 6.77. The van der Waals surface area contributed by atoms with Crippen LogP contribution in [0.1, 0.15) is 15.9 Å². The average Bonchev–Trinajstić information content (AvgIpc) is 3.22. The van der Waals surface area contributed by atoms with Crippen molar-refractivity contribution in [2.75, 3.05) is 5.32 Å². The molecule has 33 heavy (non-hydrogen) atoms. The van der Waals surface area contributed by atoms with E-state index in [1.165, 1.54) is 6.07 Å². The van der Waals surface area contributed by atoms with Gasteiger partial charge in [-0.15, -0.1) is 0 Å². The van der Waals surface area contributed by atoms with Crippen molar-refractivity contribution in [3.8, 4) is 11.5 Å². The first-order chi connectivity index (χ1) is 15.9. The van der Waals surface area contributed by atoms with Gasteiger partial charge in [0.15, 0.2) is 5.58 Å². The maximum Gasteiger partial charge on any atom is 0.273 e. The van der Waals surface area contributed by atoms with Crippen molar-refractivity contribution in [1.29, 1.82) is 0 Å². The molecule has 1 heterocycles. The van der Waals surface area contributed by atoms with Crippen LogP contribution in [0.2, 0.25) is 5.02 Å². The minimum atomic E-state index is -0.504. The van der Waals surface area contributed by atoms with Gasteiger partial charge in [-0.3, -0.25) is 14.9 Å². The minimum absolute atomic E-state index is 0.102. The Kier molecular flexibility index (Phi) is 5.03. The van der Waals surface area contributed by atoms with E-state index in [0.717, 1.165) is 16.3 Å². The Morgan fingerprint density at radius 1 is 1.03 bits per heavy atom. The summed E-state index contributed by atoms with van der Waals surface area (Å²) in [7, 11) is 0. The third kappa shape index (κ3) is 3.79. The van der Waals surface area contributed by atoms with Gasteiger partial charge in [-0.25, -0.2) is 4.98 Å². The van der Waals surface area contributed by atoms with E-state index in [1.54, 1.807) is 37.3 Å². The summed E-state index contributed by atoms with van der Waals surface area (Å²) in [4.78, 5) is 27.9. The van der Waals surface area contributed by atoms with Crippen molar-refractivity contribution in [1.82, 2.24) is 4.98 Å². The van der Waals surface area contributed by atoms with Gasteiger partial charge in [0.1, 0.15) is 5.52 Å². The number of aryl methyl sites for hydroxylation is 1. The van der Waals surface area contributed by atoms with Crippen LogP contribution in [0, 0.1) is 17.0 Å². The summed E-state index contributed by atoms with van der Waals surface area (Å²) in [6, 6.07) is 20.9. The molecule has 4 aromatic carbocycles. The molecule has 0 aliphatic carbocycles. The molecule has 0 spiro atoms. The van der Waals surface area contributed by atoms with Gasteiger partial charge in [0.25, 0.3) is 11.6 Å². The summed E-state index contributed by atoms with van der Waals surface area (Å²) in [5.74, 6) is -0.0135. The van der Waals surface area contributed by atoms with Crippen molar-refractivity contribution in [3.05, 3.63) is 99.1 Å². The van der Waals surface area contributed by atoms with Gasteiger partial charge in [0.2, 0.25) is 5.89 Å². The summed E-state index contributed by atoms with van der Waals surface area (Å²) < 4.78 is 5.96. The van der Waals surface area contributed by atoms with Gasteiger partial charge in [-0.1, -0.05) is 41.9 Å². The number of hydrogen-bond donors (Lipinski definition) is 1. The summed E-state index contributed by atoms with van der Waals surface area (Å²) in [5, 5.41) is 16.4. The zero-order valence-electron chi connectivity index (χ0n) is 17.3. The number of nitro benzene ring substituents is 1. The molecule has 1 aromatic heterocycles. The van der Waals surface area contributed by atoms with E-state index < -0.39 is 10.8 Å². The fourth-order valence-corrected chi connectivity index (χ4v) is 3.97. The predicted molar refractivity (Wildman–Crippen MR) is 128 cm³/mol. The van der Waals surface area contributed by atoms with E-state index in [9.17, 15) is 14.9 Å². The zero-order chi connectivity index (χ0) is 23.1. The molecule has 162 valence electrons. The Balaban J connectivity index is 1.47. The van der Waals surface area contributed by atoms with Crippen LogP contribution in [-0.4, -0.2) is 15.8 Å². The van der Waals surface area contributed by atoms with Crippen LogP contribution in [0.5, 0.6) is 0 Å². The summed E-state index contributed by atoms with van der Waals surface area (Å²) in [6.07, 6.45) is 0. The standard InChI is InChI=1S/C25H16ClN3O4/c1-14-8-9-15(12-22(14)29(31)32)24(30)27-16-10-11-23-21(13-16)28-25(33-23)19-6-2-5-18-17(19)4-3-7-20(18)26/h2-13H,1H3,(H,27,30). The van der Waals surface area contributed by atoms with Crippen LogP contribution in [0.4, 0.5) is 11.4 Å². The van der Waals surface area contributed by atoms with Crippen molar-refractivity contribution >= 4 is 50.8 Å². The molecule has 0 bridgehead atoms. The lowest BCUT2D eigenvalue weighted by atomic mass is 10.0. The van der Waals surface area contributed by atoms with Crippen LogP contribution < -0.4 is 5.32 Å². The molecular weight excluding hydrogens is 442 g/mol. The fraction of sp³-hybridized carbons (Fsp3) is 0.0400. The highest BCUT2D eigenvalue weighted by Gasteiger charge is 2.16. The van der Waals surface area contributed by atoms with Crippen molar-refractivity contribution in [2.45, 2.75) is 6.92 Å². The Labute approximate surface area is 192 Å². The molecule has 0 aliphatic heterocycles. The molecule has 1 amide bonds. The number of anilines is 1. The topological polar surface area (TPSA) is 98.3 Å². The smallest absolute Gasteiger partial charge is 0.273 e. The maximum atomic E-state index is 12.7. The monoisotopic (exact) mass is 457 g/mol. The normalized spacial score (nSPS) is 11.1. The Bertz CT molecular complexity index is 1580. The quantitative estimate of drug-likeness (QED) is 0.237. The number of aromatic nitrogens is 1. The Morgan fingerprint density at radius 3 is 2.64 bits per heavy atom. The number of rotatable bonds is 4. The number of carbonyl (C=O) groups excluding carboxylic acids is 1. The first-order valence-electron chi connectivity index (χ1n) is 10.1. The molecule has 0 unspecified atom stereocenters. The van der Waals surface area contributed by atoms with Crippen LogP contribution in [0.3, 0.4) is 0 Å². The highest BCUT2D eigenvalue weighted by Crippen LogP contribution is 2.34. The highest BCUT2D eigenvalue weighted by atomic mass is 35.5. The first kappa shape index (κ1) is 20.7. The number of nitro groups is 1. The van der Waals surface area contributed by atoms with E-state index in [2.05, 4.69) is 10.3 Å². The lowest BCUT2D eigenvalue weighted by molar-refractivity contribution is -0.385. The van der Waals surface area contributed by atoms with Crippen molar-refractivity contribution in [2.24, 2.45) is 0 Å². The molecule has 0 saturated heterocycles. The fourth-order valence-electron chi connectivity index (χ4n) is 3.73. The van der Waals surface area contributed by atoms with Gasteiger partial charge in [-0.2, -0.15) is 0 Å². The molecule has 7 nitrogen and oxygen atoms in total. The highest BCUT2D eigenvalue weighted by molar-refractivity contribution is 6.35. The molecule has 0 atom stereocenters. The molecule has 1 N–H and O–H groups in total. The lowest BCUT2D eigenvalue weighted by Gasteiger charge is -2.06. The van der Waals surface area contributed by atoms with Gasteiger partial charge in [0, 0.05) is 38.9 Å². The molecule has 5 rings (SSSR count). The van der Waals surface area contributed by atoms with Gasteiger partial charge in [0.05, 0.1) is 4.92 Å². The molecule has 0 saturated carbocycles. The second kappa shape index (κ2) is 8.03. The van der Waals surface area contributed by atoms with E-state index in [1.807, 2.05) is 36.4 Å². The molecule has 0 aliphatic rings. The molecule has 0 radical (unpaired) electrons. The van der Waals surface area contributed by atoms with Crippen LogP contribution in [0.25, 0.3) is 33.3 Å². The summed E-state index contributed by atoms with van der Waals surface area (Å²) in [5.41, 5.74) is 3.02. The van der Waals surface area contributed by atoms with Crippen LogP contribution in [0.15, 0.2) is 77.2 Å². The van der Waals surface area contributed by atoms with Crippen molar-refractivity contribution < 1.29 is 14.1 Å². The molecule has 0 fully saturated rings. The first-order valence-corrected chi connectivity index (χ1v) is 10.4. The third-order valence-electron chi connectivity index (χ3n) is 5.41. The second-order valence-electron chi connectivity index (χ2n) is 7.55. The third-order valence-corrected chi connectivity index (χ3v) is 5.74. The van der Waals surface area contributed by atoms with Gasteiger partial charge < -0.3 is 9.73 Å². The Hall–Kier alpha value is -4.23. The number of oxazole rings is 1. The minimum Gasteiger partial charge on any atom is -0.436 e. The number of carbonyl (C=O) groups is 1. The maximum absolute atomic E-state index is 12.7. The number of hydrogen-bond acceptors (Lipinski definition) is 5. The number of nitrogens with zero attached hydrogens (tertiary/aromatic N) is 2. The second-order valence-corrected chi connectivity index (χ2v) is 7.96. The van der Waals surface area contributed by atoms with E-state index in [0.29, 0.717) is 33.3 Å². The SMILES string of the molecule is Cc1ccc(C(=O)Nc2ccc3oc(-c4cccc5c(Cl)cccc45)nc3c2)cc1[N+](=O)[O-]. The van der Waals surface area contributed by atoms with E-state index in [4.69, 9.17) is 16.0 Å². The largest absolute Gasteiger partial charge is 0.436 e. The molecular formula is C25H16ClN3O4. The number of halogens is 1.